The zero-order valence-corrected chi connectivity index (χ0v) is 16.8. The molecule has 1 aliphatic heterocycles. The summed E-state index contributed by atoms with van der Waals surface area (Å²) in [4.78, 5) is 29.6. The highest BCUT2D eigenvalue weighted by Gasteiger charge is 2.61. The molecule has 0 radical (unpaired) electrons. The molecule has 6 nitrogen and oxygen atoms in total. The number of hydrogen-bond donors (Lipinski definition) is 1. The summed E-state index contributed by atoms with van der Waals surface area (Å²) in [6.45, 7) is -0.161. The van der Waals surface area contributed by atoms with Gasteiger partial charge in [-0.05, 0) is 49.7 Å². The van der Waals surface area contributed by atoms with E-state index in [9.17, 15) is 35.9 Å². The molecule has 176 valence electrons. The molecule has 32 heavy (non-hydrogen) atoms. The van der Waals surface area contributed by atoms with Gasteiger partial charge in [-0.3, -0.25) is 9.78 Å². The highest BCUT2D eigenvalue weighted by molar-refractivity contribution is 5.95. The van der Waals surface area contributed by atoms with Crippen molar-refractivity contribution >= 4 is 17.7 Å². The second-order valence-electron chi connectivity index (χ2n) is 8.69. The van der Waals surface area contributed by atoms with Crippen LogP contribution in [0.25, 0.3) is 0 Å². The fourth-order valence-corrected chi connectivity index (χ4v) is 4.23. The lowest BCUT2D eigenvalue weighted by atomic mass is 9.91. The largest absolute Gasteiger partial charge is 0.434 e. The van der Waals surface area contributed by atoms with Crippen LogP contribution in [0.4, 0.5) is 36.8 Å². The van der Waals surface area contributed by atoms with Crippen molar-refractivity contribution in [2.24, 2.45) is 11.3 Å². The number of carbonyl (C=O) groups is 2. The molecule has 1 atom stereocenters. The van der Waals surface area contributed by atoms with Gasteiger partial charge in [0.2, 0.25) is 5.91 Å². The lowest BCUT2D eigenvalue weighted by Gasteiger charge is -2.33. The van der Waals surface area contributed by atoms with Crippen LogP contribution in [0.1, 0.15) is 43.7 Å². The predicted octanol–water partition coefficient (Wildman–Crippen LogP) is 4.63. The quantitative estimate of drug-likeness (QED) is 0.659. The third-order valence-corrected chi connectivity index (χ3v) is 6.39. The Morgan fingerprint density at radius 1 is 1.09 bits per heavy atom. The van der Waals surface area contributed by atoms with Crippen LogP contribution in [0.3, 0.4) is 0 Å². The van der Waals surface area contributed by atoms with E-state index in [-0.39, 0.29) is 24.9 Å². The van der Waals surface area contributed by atoms with Crippen molar-refractivity contribution in [3.8, 4) is 0 Å². The van der Waals surface area contributed by atoms with Gasteiger partial charge in [0.1, 0.15) is 0 Å². The average Bonchev–Trinajstić information content (AvgIpc) is 3.62. The third-order valence-electron chi connectivity index (χ3n) is 6.39. The highest BCUT2D eigenvalue weighted by atomic mass is 19.4. The normalized spacial score (nSPS) is 22.7. The molecule has 0 aromatic carbocycles. The van der Waals surface area contributed by atoms with E-state index >= 15 is 0 Å². The molecule has 1 aromatic rings. The van der Waals surface area contributed by atoms with Crippen molar-refractivity contribution in [2.75, 3.05) is 18.4 Å². The zero-order valence-electron chi connectivity index (χ0n) is 16.8. The maximum atomic E-state index is 12.6. The number of likely N-dealkylation sites (tertiary alicyclic amines) is 1. The summed E-state index contributed by atoms with van der Waals surface area (Å²) in [5, 5.41) is 2.80. The van der Waals surface area contributed by atoms with Crippen LogP contribution >= 0.6 is 0 Å². The number of alkyl halides is 6. The molecule has 3 fully saturated rings. The first-order valence-electron chi connectivity index (χ1n) is 10.2. The number of piperidine rings is 1. The molecule has 2 amide bonds. The van der Waals surface area contributed by atoms with Gasteiger partial charge in [0, 0.05) is 30.6 Å². The van der Waals surface area contributed by atoms with Gasteiger partial charge in [-0.15, -0.1) is 0 Å². The van der Waals surface area contributed by atoms with Crippen LogP contribution in [-0.2, 0) is 9.53 Å². The van der Waals surface area contributed by atoms with E-state index in [1.54, 1.807) is 12.3 Å². The Kier molecular flexibility index (Phi) is 5.52. The van der Waals surface area contributed by atoms with E-state index in [0.29, 0.717) is 30.9 Å². The smallest absolute Gasteiger partial charge is 0.426 e. The number of nitrogens with one attached hydrogen (secondary N) is 1. The molecule has 2 aliphatic carbocycles. The first-order chi connectivity index (χ1) is 14.9. The third kappa shape index (κ3) is 4.78. The minimum absolute atomic E-state index is 0.0807. The van der Waals surface area contributed by atoms with Gasteiger partial charge in [-0.1, -0.05) is 0 Å². The van der Waals surface area contributed by atoms with Crippen LogP contribution < -0.4 is 5.32 Å². The fourth-order valence-electron chi connectivity index (χ4n) is 4.23. The molecule has 0 bridgehead atoms. The Morgan fingerprint density at radius 2 is 1.72 bits per heavy atom. The zero-order chi connectivity index (χ0) is 23.3. The number of aromatic nitrogens is 1. The number of pyridine rings is 1. The van der Waals surface area contributed by atoms with Gasteiger partial charge in [0.25, 0.3) is 6.10 Å². The minimum atomic E-state index is -5.75. The number of hydrogen-bond acceptors (Lipinski definition) is 4. The summed E-state index contributed by atoms with van der Waals surface area (Å²) in [7, 11) is 0. The second-order valence-corrected chi connectivity index (χ2v) is 8.69. The van der Waals surface area contributed by atoms with E-state index < -0.39 is 30.0 Å². The molecule has 1 saturated heterocycles. The van der Waals surface area contributed by atoms with E-state index in [2.05, 4.69) is 15.0 Å². The standard InChI is InChI=1S/C20H21F6N3O3/c21-19(22,23)16(20(24,25)26)32-17(31)29-7-5-18(6-8-29)9-13(18)15(30)28-12-3-4-14(27-10-12)11-1-2-11/h3-4,10-11,13,16H,1-2,5-9H2,(H,28,30). The molecule has 2 saturated carbocycles. The number of nitrogens with zero attached hydrogens (tertiary/aromatic N) is 2. The average molecular weight is 465 g/mol. The van der Waals surface area contributed by atoms with Crippen LogP contribution in [-0.4, -0.2) is 53.4 Å². The molecular weight excluding hydrogens is 444 g/mol. The van der Waals surface area contributed by atoms with Crippen molar-refractivity contribution in [1.29, 1.82) is 0 Å². The lowest BCUT2D eigenvalue weighted by Crippen LogP contribution is -2.49. The molecule has 1 spiro atoms. The number of anilines is 1. The summed E-state index contributed by atoms with van der Waals surface area (Å²) in [5.41, 5.74) is 1.15. The number of amides is 2. The Bertz CT molecular complexity index is 860. The van der Waals surface area contributed by atoms with Gasteiger partial charge >= 0.3 is 18.4 Å². The Hall–Kier alpha value is -2.53. The molecule has 1 unspecified atom stereocenters. The monoisotopic (exact) mass is 465 g/mol. The molecule has 1 N–H and O–H groups in total. The van der Waals surface area contributed by atoms with E-state index in [0.717, 1.165) is 23.4 Å². The SMILES string of the molecule is O=C(Nc1ccc(C2CC2)nc1)C1CC12CCN(C(=O)OC(C(F)(F)F)C(F)(F)F)CC2. The van der Waals surface area contributed by atoms with E-state index in [1.165, 1.54) is 0 Å². The van der Waals surface area contributed by atoms with Gasteiger partial charge < -0.3 is 15.0 Å². The minimum Gasteiger partial charge on any atom is -0.426 e. The van der Waals surface area contributed by atoms with E-state index in [1.807, 2.05) is 6.07 Å². The van der Waals surface area contributed by atoms with Crippen molar-refractivity contribution in [2.45, 2.75) is 56.5 Å². The van der Waals surface area contributed by atoms with Crippen molar-refractivity contribution < 1.29 is 40.7 Å². The Labute approximate surface area is 179 Å². The Morgan fingerprint density at radius 3 is 2.22 bits per heavy atom. The summed E-state index contributed by atoms with van der Waals surface area (Å²) < 4.78 is 79.3. The van der Waals surface area contributed by atoms with Gasteiger partial charge in [-0.2, -0.15) is 26.3 Å². The summed E-state index contributed by atoms with van der Waals surface area (Å²) in [6, 6.07) is 3.65. The lowest BCUT2D eigenvalue weighted by molar-refractivity contribution is -0.308. The van der Waals surface area contributed by atoms with Gasteiger partial charge in [0.05, 0.1) is 11.9 Å². The molecule has 4 rings (SSSR count). The van der Waals surface area contributed by atoms with Crippen LogP contribution in [0.2, 0.25) is 0 Å². The second kappa shape index (κ2) is 7.80. The molecule has 2 heterocycles. The van der Waals surface area contributed by atoms with Gasteiger partial charge in [0.15, 0.2) is 0 Å². The fraction of sp³-hybridized carbons (Fsp3) is 0.650. The predicted molar refractivity (Wildman–Crippen MR) is 98.6 cm³/mol. The first-order valence-corrected chi connectivity index (χ1v) is 10.2. The Balaban J connectivity index is 1.28. The molecule has 1 aromatic heterocycles. The van der Waals surface area contributed by atoms with Crippen molar-refractivity contribution in [1.82, 2.24) is 9.88 Å². The van der Waals surface area contributed by atoms with Crippen molar-refractivity contribution in [3.05, 3.63) is 24.0 Å². The molecule has 3 aliphatic rings. The maximum Gasteiger partial charge on any atom is 0.434 e. The van der Waals surface area contributed by atoms with Crippen molar-refractivity contribution in [3.63, 3.8) is 0 Å². The number of carbonyl (C=O) groups excluding carboxylic acids is 2. The van der Waals surface area contributed by atoms with Crippen LogP contribution in [0.15, 0.2) is 18.3 Å². The molecular formula is C20H21F6N3O3. The molecule has 12 heteroatoms. The number of halogens is 6. The summed E-state index contributed by atoms with van der Waals surface area (Å²) in [5.74, 6) is -0.0519. The topological polar surface area (TPSA) is 71.5 Å². The number of rotatable bonds is 4. The highest BCUT2D eigenvalue weighted by Crippen LogP contribution is 2.59. The van der Waals surface area contributed by atoms with Crippen LogP contribution in [0.5, 0.6) is 0 Å². The first kappa shape index (κ1) is 22.7. The van der Waals surface area contributed by atoms with E-state index in [4.69, 9.17) is 0 Å². The number of ether oxygens (including phenoxy) is 1. The summed E-state index contributed by atoms with van der Waals surface area (Å²) >= 11 is 0. The maximum absolute atomic E-state index is 12.6. The van der Waals surface area contributed by atoms with Crippen LogP contribution in [0, 0.1) is 11.3 Å². The summed E-state index contributed by atoms with van der Waals surface area (Å²) in [6.07, 6.45) is -12.4. The van der Waals surface area contributed by atoms with Gasteiger partial charge in [-0.25, -0.2) is 4.79 Å².